The summed E-state index contributed by atoms with van der Waals surface area (Å²) >= 11 is 0. The number of nitrogens with zero attached hydrogens (tertiary/aromatic N) is 1. The highest BCUT2D eigenvalue weighted by Crippen LogP contribution is 2.40. The zero-order chi connectivity index (χ0) is 14.7. The first kappa shape index (κ1) is 15.8. The lowest BCUT2D eigenvalue weighted by atomic mass is 9.69. The number of ether oxygens (including phenoxy) is 1. The van der Waals surface area contributed by atoms with Crippen LogP contribution in [0.1, 0.15) is 58.8 Å². The van der Waals surface area contributed by atoms with E-state index in [1.165, 1.54) is 77.7 Å². The van der Waals surface area contributed by atoms with E-state index < -0.39 is 0 Å². The summed E-state index contributed by atoms with van der Waals surface area (Å²) in [5.74, 6) is 0.903. The fraction of sp³-hybridized carbons (Fsp3) is 1.00. The van der Waals surface area contributed by atoms with Gasteiger partial charge in [-0.3, -0.25) is 4.90 Å². The quantitative estimate of drug-likeness (QED) is 0.762. The van der Waals surface area contributed by atoms with Crippen LogP contribution >= 0.6 is 0 Å². The maximum absolute atomic E-state index is 6.01. The van der Waals surface area contributed by atoms with Crippen molar-refractivity contribution >= 4 is 0 Å². The molecule has 0 aromatic rings. The molecule has 2 aliphatic heterocycles. The SMILES string of the molecule is CCCNCC1(CN2CC3CCC(C2)O3)CCCC(C)C1. The van der Waals surface area contributed by atoms with Crippen molar-refractivity contribution in [3.63, 3.8) is 0 Å². The average Bonchev–Trinajstić information content (AvgIpc) is 2.78. The van der Waals surface area contributed by atoms with Crippen molar-refractivity contribution in [3.8, 4) is 0 Å². The number of nitrogens with one attached hydrogen (secondary N) is 1. The Morgan fingerprint density at radius 3 is 2.62 bits per heavy atom. The van der Waals surface area contributed by atoms with Crippen molar-refractivity contribution in [1.82, 2.24) is 10.2 Å². The molecule has 2 saturated heterocycles. The molecule has 3 rings (SSSR count). The van der Waals surface area contributed by atoms with Crippen LogP contribution in [0.25, 0.3) is 0 Å². The van der Waals surface area contributed by atoms with Crippen molar-refractivity contribution in [2.75, 3.05) is 32.7 Å². The Balaban J connectivity index is 1.61. The molecule has 21 heavy (non-hydrogen) atoms. The van der Waals surface area contributed by atoms with Gasteiger partial charge in [0.2, 0.25) is 0 Å². The Morgan fingerprint density at radius 2 is 1.95 bits per heavy atom. The molecular weight excluding hydrogens is 260 g/mol. The standard InChI is InChI=1S/C18H34N2O/c1-3-9-19-13-18(8-4-5-15(2)10-18)14-20-11-16-6-7-17(12-20)21-16/h15-17,19H,3-14H2,1-2H3. The lowest BCUT2D eigenvalue weighted by Gasteiger charge is -2.45. The van der Waals surface area contributed by atoms with Crippen LogP contribution < -0.4 is 5.32 Å². The van der Waals surface area contributed by atoms with Crippen LogP contribution in [0.5, 0.6) is 0 Å². The van der Waals surface area contributed by atoms with Crippen LogP contribution in [0.4, 0.5) is 0 Å². The minimum absolute atomic E-state index is 0.517. The second kappa shape index (κ2) is 6.97. The monoisotopic (exact) mass is 294 g/mol. The summed E-state index contributed by atoms with van der Waals surface area (Å²) in [4.78, 5) is 2.73. The number of fused-ring (bicyclic) bond motifs is 2. The molecule has 1 saturated carbocycles. The Morgan fingerprint density at radius 1 is 1.19 bits per heavy atom. The summed E-state index contributed by atoms with van der Waals surface area (Å²) in [6.07, 6.45) is 10.6. The van der Waals surface area contributed by atoms with E-state index in [4.69, 9.17) is 4.74 Å². The number of rotatable bonds is 6. The molecule has 4 unspecified atom stereocenters. The molecule has 3 aliphatic rings. The molecule has 4 atom stereocenters. The Labute approximate surface area is 130 Å². The van der Waals surface area contributed by atoms with Gasteiger partial charge in [-0.1, -0.05) is 26.7 Å². The van der Waals surface area contributed by atoms with Gasteiger partial charge in [-0.05, 0) is 50.0 Å². The van der Waals surface area contributed by atoms with Crippen molar-refractivity contribution in [3.05, 3.63) is 0 Å². The normalized spacial score (nSPS) is 40.6. The number of hydrogen-bond acceptors (Lipinski definition) is 3. The number of morpholine rings is 1. The molecule has 2 heterocycles. The van der Waals surface area contributed by atoms with Crippen LogP contribution in [0.15, 0.2) is 0 Å². The summed E-state index contributed by atoms with van der Waals surface area (Å²) in [5.41, 5.74) is 0.517. The first-order chi connectivity index (χ1) is 10.2. The molecule has 0 spiro atoms. The van der Waals surface area contributed by atoms with E-state index in [9.17, 15) is 0 Å². The minimum atomic E-state index is 0.517. The lowest BCUT2D eigenvalue weighted by molar-refractivity contribution is -0.0562. The zero-order valence-corrected chi connectivity index (χ0v) is 14.1. The highest BCUT2D eigenvalue weighted by Gasteiger charge is 2.40. The maximum Gasteiger partial charge on any atom is 0.0707 e. The summed E-state index contributed by atoms with van der Waals surface area (Å²) < 4.78 is 6.01. The summed E-state index contributed by atoms with van der Waals surface area (Å²) in [6.45, 7) is 10.8. The van der Waals surface area contributed by atoms with Crippen LogP contribution in [-0.2, 0) is 4.74 Å². The minimum Gasteiger partial charge on any atom is -0.372 e. The van der Waals surface area contributed by atoms with Gasteiger partial charge in [0.1, 0.15) is 0 Å². The summed E-state index contributed by atoms with van der Waals surface area (Å²) in [7, 11) is 0. The molecule has 0 amide bonds. The lowest BCUT2D eigenvalue weighted by Crippen LogP contribution is -2.51. The van der Waals surface area contributed by atoms with E-state index in [-0.39, 0.29) is 0 Å². The van der Waals surface area contributed by atoms with E-state index in [1.807, 2.05) is 0 Å². The molecule has 1 N–H and O–H groups in total. The van der Waals surface area contributed by atoms with Crippen molar-refractivity contribution in [1.29, 1.82) is 0 Å². The van der Waals surface area contributed by atoms with E-state index in [2.05, 4.69) is 24.1 Å². The predicted octanol–water partition coefficient (Wildman–Crippen LogP) is 3.05. The molecule has 2 bridgehead atoms. The third-order valence-electron chi connectivity index (χ3n) is 5.79. The van der Waals surface area contributed by atoms with Gasteiger partial charge >= 0.3 is 0 Å². The van der Waals surface area contributed by atoms with Crippen LogP contribution in [0.3, 0.4) is 0 Å². The third-order valence-corrected chi connectivity index (χ3v) is 5.79. The largest absolute Gasteiger partial charge is 0.372 e. The van der Waals surface area contributed by atoms with Gasteiger partial charge in [0.05, 0.1) is 12.2 Å². The van der Waals surface area contributed by atoms with E-state index >= 15 is 0 Å². The molecule has 3 nitrogen and oxygen atoms in total. The third kappa shape index (κ3) is 4.00. The van der Waals surface area contributed by atoms with Crippen LogP contribution in [-0.4, -0.2) is 49.8 Å². The first-order valence-corrected chi connectivity index (χ1v) is 9.28. The van der Waals surface area contributed by atoms with Gasteiger partial charge in [-0.15, -0.1) is 0 Å². The Bertz CT molecular complexity index is 323. The molecule has 3 fully saturated rings. The summed E-state index contributed by atoms with van der Waals surface area (Å²) in [5, 5.41) is 3.74. The fourth-order valence-corrected chi connectivity index (χ4v) is 4.96. The van der Waals surface area contributed by atoms with Gasteiger partial charge in [0, 0.05) is 26.2 Å². The van der Waals surface area contributed by atoms with Gasteiger partial charge in [0.25, 0.3) is 0 Å². The van der Waals surface area contributed by atoms with Gasteiger partial charge in [-0.2, -0.15) is 0 Å². The highest BCUT2D eigenvalue weighted by molar-refractivity contribution is 4.93. The van der Waals surface area contributed by atoms with E-state index in [1.54, 1.807) is 0 Å². The zero-order valence-electron chi connectivity index (χ0n) is 14.1. The van der Waals surface area contributed by atoms with Crippen molar-refractivity contribution in [2.24, 2.45) is 11.3 Å². The molecule has 0 aromatic carbocycles. The van der Waals surface area contributed by atoms with Gasteiger partial charge in [0.15, 0.2) is 0 Å². The van der Waals surface area contributed by atoms with Crippen molar-refractivity contribution < 1.29 is 4.74 Å². The van der Waals surface area contributed by atoms with E-state index in [0.717, 1.165) is 5.92 Å². The average molecular weight is 294 g/mol. The van der Waals surface area contributed by atoms with Crippen LogP contribution in [0, 0.1) is 11.3 Å². The number of likely N-dealkylation sites (tertiary alicyclic amines) is 1. The molecule has 122 valence electrons. The maximum atomic E-state index is 6.01. The predicted molar refractivity (Wildman–Crippen MR) is 87.6 cm³/mol. The van der Waals surface area contributed by atoms with E-state index in [0.29, 0.717) is 17.6 Å². The van der Waals surface area contributed by atoms with Crippen LogP contribution in [0.2, 0.25) is 0 Å². The van der Waals surface area contributed by atoms with Gasteiger partial charge in [-0.25, -0.2) is 0 Å². The Hall–Kier alpha value is -0.120. The second-order valence-electron chi connectivity index (χ2n) is 8.03. The Kier molecular flexibility index (Phi) is 5.23. The molecule has 3 heteroatoms. The summed E-state index contributed by atoms with van der Waals surface area (Å²) in [6, 6.07) is 0. The molecular formula is C18H34N2O. The highest BCUT2D eigenvalue weighted by atomic mass is 16.5. The van der Waals surface area contributed by atoms with Crippen molar-refractivity contribution in [2.45, 2.75) is 71.0 Å². The molecule has 0 aromatic heterocycles. The molecule has 1 aliphatic carbocycles. The fourth-order valence-electron chi connectivity index (χ4n) is 4.96. The van der Waals surface area contributed by atoms with Gasteiger partial charge < -0.3 is 10.1 Å². The first-order valence-electron chi connectivity index (χ1n) is 9.28. The smallest absolute Gasteiger partial charge is 0.0707 e. The molecule has 0 radical (unpaired) electrons. The number of hydrogen-bond donors (Lipinski definition) is 1. The second-order valence-corrected chi connectivity index (χ2v) is 8.03. The topological polar surface area (TPSA) is 24.5 Å².